The Kier molecular flexibility index (Phi) is 5.85. The number of hydrogen-bond donors (Lipinski definition) is 1. The Hall–Kier alpha value is -4.19. The molecule has 1 amide bonds. The van der Waals surface area contributed by atoms with Crippen molar-refractivity contribution in [2.45, 2.75) is 20.3 Å². The first kappa shape index (κ1) is 21.1. The number of hydrogen-bond acceptors (Lipinski definition) is 5. The van der Waals surface area contributed by atoms with Crippen LogP contribution in [0.4, 0.5) is 0 Å². The van der Waals surface area contributed by atoms with E-state index in [2.05, 4.69) is 4.98 Å². The minimum atomic E-state index is -0.498. The lowest BCUT2D eigenvalue weighted by Gasteiger charge is -2.13. The molecule has 0 aliphatic rings. The number of primary amides is 1. The van der Waals surface area contributed by atoms with Gasteiger partial charge < -0.3 is 15.2 Å². The zero-order valence-electron chi connectivity index (χ0n) is 17.8. The zero-order valence-corrected chi connectivity index (χ0v) is 17.8. The van der Waals surface area contributed by atoms with Crippen LogP contribution in [0.1, 0.15) is 27.0 Å². The number of aromatic nitrogens is 1. The highest BCUT2D eigenvalue weighted by molar-refractivity contribution is 5.99. The zero-order chi connectivity index (χ0) is 22.7. The molecule has 1 aromatic heterocycles. The first-order valence-electron chi connectivity index (χ1n) is 10.1. The standard InChI is InChI=1S/C26H22N2O4/c1-16-12-20(9-8-18(16)14-25(29)32-19-6-4-3-5-7-19)31-24-10-11-28-23-13-17(2)21(26(27)30)15-22(23)24/h3-13,15H,14H2,1-2H3,(H2,27,30). The van der Waals surface area contributed by atoms with E-state index in [1.165, 1.54) is 0 Å². The minimum Gasteiger partial charge on any atom is -0.457 e. The predicted molar refractivity (Wildman–Crippen MR) is 122 cm³/mol. The Morgan fingerprint density at radius 3 is 2.41 bits per heavy atom. The smallest absolute Gasteiger partial charge is 0.315 e. The number of ether oxygens (including phenoxy) is 2. The van der Waals surface area contributed by atoms with Crippen LogP contribution in [-0.4, -0.2) is 16.9 Å². The van der Waals surface area contributed by atoms with Crippen molar-refractivity contribution < 1.29 is 19.1 Å². The maximum Gasteiger partial charge on any atom is 0.315 e. The van der Waals surface area contributed by atoms with Crippen molar-refractivity contribution >= 4 is 22.8 Å². The number of aryl methyl sites for hydroxylation is 2. The predicted octanol–water partition coefficient (Wildman–Crippen LogP) is 4.89. The normalized spacial score (nSPS) is 10.7. The van der Waals surface area contributed by atoms with Gasteiger partial charge in [-0.25, -0.2) is 0 Å². The third-order valence-electron chi connectivity index (χ3n) is 5.16. The van der Waals surface area contributed by atoms with Crippen LogP contribution in [0.15, 0.2) is 72.9 Å². The maximum absolute atomic E-state index is 12.3. The summed E-state index contributed by atoms with van der Waals surface area (Å²) in [5.41, 5.74) is 9.15. The number of nitrogens with two attached hydrogens (primary N) is 1. The van der Waals surface area contributed by atoms with Crippen LogP contribution < -0.4 is 15.2 Å². The largest absolute Gasteiger partial charge is 0.457 e. The molecule has 0 atom stereocenters. The molecule has 0 radical (unpaired) electrons. The number of carbonyl (C=O) groups excluding carboxylic acids is 2. The first-order valence-corrected chi connectivity index (χ1v) is 10.1. The topological polar surface area (TPSA) is 91.5 Å². The molecule has 0 unspecified atom stereocenters. The summed E-state index contributed by atoms with van der Waals surface area (Å²) in [6, 6.07) is 19.7. The van der Waals surface area contributed by atoms with Gasteiger partial charge in [0.1, 0.15) is 17.2 Å². The van der Waals surface area contributed by atoms with E-state index in [0.29, 0.717) is 33.7 Å². The molecule has 0 aliphatic carbocycles. The van der Waals surface area contributed by atoms with Crippen molar-refractivity contribution in [3.8, 4) is 17.2 Å². The lowest BCUT2D eigenvalue weighted by molar-refractivity contribution is -0.133. The summed E-state index contributed by atoms with van der Waals surface area (Å²) >= 11 is 0. The summed E-state index contributed by atoms with van der Waals surface area (Å²) in [5.74, 6) is 0.860. The highest BCUT2D eigenvalue weighted by Gasteiger charge is 2.13. The Balaban J connectivity index is 1.55. The Bertz CT molecular complexity index is 1320. The molecule has 0 saturated heterocycles. The van der Waals surface area contributed by atoms with Crippen LogP contribution in [0.3, 0.4) is 0 Å². The summed E-state index contributed by atoms with van der Waals surface area (Å²) in [6.45, 7) is 3.73. The van der Waals surface area contributed by atoms with E-state index in [1.54, 1.807) is 36.5 Å². The van der Waals surface area contributed by atoms with Crippen molar-refractivity contribution in [1.29, 1.82) is 0 Å². The molecule has 1 heterocycles. The number of benzene rings is 3. The fourth-order valence-electron chi connectivity index (χ4n) is 3.50. The van der Waals surface area contributed by atoms with Crippen LogP contribution in [0.2, 0.25) is 0 Å². The van der Waals surface area contributed by atoms with E-state index in [1.807, 2.05) is 50.2 Å². The van der Waals surface area contributed by atoms with Gasteiger partial charge in [0.2, 0.25) is 5.91 Å². The first-order chi connectivity index (χ1) is 15.4. The van der Waals surface area contributed by atoms with Crippen molar-refractivity contribution in [2.75, 3.05) is 0 Å². The Labute approximate surface area is 185 Å². The van der Waals surface area contributed by atoms with E-state index >= 15 is 0 Å². The van der Waals surface area contributed by atoms with Crippen LogP contribution in [0, 0.1) is 13.8 Å². The SMILES string of the molecule is Cc1cc(Oc2ccnc3cc(C)c(C(N)=O)cc23)ccc1CC(=O)Oc1ccccc1. The molecule has 0 saturated carbocycles. The molecule has 4 aromatic rings. The molecule has 160 valence electrons. The lowest BCUT2D eigenvalue weighted by Crippen LogP contribution is -2.12. The molecule has 6 heteroatoms. The minimum absolute atomic E-state index is 0.153. The number of para-hydroxylation sites is 1. The molecular formula is C26H22N2O4. The van der Waals surface area contributed by atoms with Gasteiger partial charge in [0.05, 0.1) is 11.9 Å². The van der Waals surface area contributed by atoms with E-state index in [4.69, 9.17) is 15.2 Å². The van der Waals surface area contributed by atoms with Gasteiger partial charge >= 0.3 is 5.97 Å². The summed E-state index contributed by atoms with van der Waals surface area (Å²) in [5, 5.41) is 0.695. The lowest BCUT2D eigenvalue weighted by atomic mass is 10.0. The highest BCUT2D eigenvalue weighted by Crippen LogP contribution is 2.31. The molecule has 4 rings (SSSR count). The third kappa shape index (κ3) is 4.59. The number of amides is 1. The Morgan fingerprint density at radius 1 is 0.906 bits per heavy atom. The second-order valence-corrected chi connectivity index (χ2v) is 7.51. The molecule has 0 fully saturated rings. The molecule has 6 nitrogen and oxygen atoms in total. The van der Waals surface area contributed by atoms with Gasteiger partial charge in [-0.3, -0.25) is 14.6 Å². The number of esters is 1. The molecule has 32 heavy (non-hydrogen) atoms. The van der Waals surface area contributed by atoms with E-state index in [-0.39, 0.29) is 12.4 Å². The number of fused-ring (bicyclic) bond motifs is 1. The molecule has 0 bridgehead atoms. The van der Waals surface area contributed by atoms with Gasteiger partial charge in [0, 0.05) is 17.1 Å². The quantitative estimate of drug-likeness (QED) is 0.350. The van der Waals surface area contributed by atoms with E-state index in [0.717, 1.165) is 16.7 Å². The van der Waals surface area contributed by atoms with Crippen molar-refractivity contribution in [2.24, 2.45) is 5.73 Å². The van der Waals surface area contributed by atoms with Gasteiger partial charge in [-0.1, -0.05) is 24.3 Å². The molecule has 3 aromatic carbocycles. The number of carbonyl (C=O) groups is 2. The number of nitrogens with zero attached hydrogens (tertiary/aromatic N) is 1. The van der Waals surface area contributed by atoms with Crippen molar-refractivity contribution in [3.63, 3.8) is 0 Å². The summed E-state index contributed by atoms with van der Waals surface area (Å²) in [7, 11) is 0. The monoisotopic (exact) mass is 426 g/mol. The third-order valence-corrected chi connectivity index (χ3v) is 5.16. The summed E-state index contributed by atoms with van der Waals surface area (Å²) in [6.07, 6.45) is 1.81. The average Bonchev–Trinajstić information content (AvgIpc) is 2.76. The van der Waals surface area contributed by atoms with Gasteiger partial charge in [0.25, 0.3) is 0 Å². The average molecular weight is 426 g/mol. The molecular weight excluding hydrogens is 404 g/mol. The maximum atomic E-state index is 12.3. The van der Waals surface area contributed by atoms with Gasteiger partial charge in [-0.05, 0) is 73.0 Å². The number of rotatable bonds is 6. The molecule has 2 N–H and O–H groups in total. The highest BCUT2D eigenvalue weighted by atomic mass is 16.5. The Morgan fingerprint density at radius 2 is 1.69 bits per heavy atom. The van der Waals surface area contributed by atoms with E-state index in [9.17, 15) is 9.59 Å². The van der Waals surface area contributed by atoms with Gasteiger partial charge in [-0.15, -0.1) is 0 Å². The van der Waals surface area contributed by atoms with Crippen LogP contribution in [0.25, 0.3) is 10.9 Å². The second kappa shape index (κ2) is 8.89. The van der Waals surface area contributed by atoms with Crippen molar-refractivity contribution in [1.82, 2.24) is 4.98 Å². The summed E-state index contributed by atoms with van der Waals surface area (Å²) in [4.78, 5) is 28.4. The van der Waals surface area contributed by atoms with Gasteiger partial charge in [-0.2, -0.15) is 0 Å². The van der Waals surface area contributed by atoms with Crippen LogP contribution in [0.5, 0.6) is 17.2 Å². The fourth-order valence-corrected chi connectivity index (χ4v) is 3.50. The number of pyridine rings is 1. The fraction of sp³-hybridized carbons (Fsp3) is 0.115. The van der Waals surface area contributed by atoms with Gasteiger partial charge in [0.15, 0.2) is 0 Å². The van der Waals surface area contributed by atoms with Crippen LogP contribution in [-0.2, 0) is 11.2 Å². The van der Waals surface area contributed by atoms with Crippen LogP contribution >= 0.6 is 0 Å². The molecule has 0 spiro atoms. The van der Waals surface area contributed by atoms with E-state index < -0.39 is 5.91 Å². The van der Waals surface area contributed by atoms with Crippen molar-refractivity contribution in [3.05, 3.63) is 95.2 Å². The molecule has 0 aliphatic heterocycles. The summed E-state index contributed by atoms with van der Waals surface area (Å²) < 4.78 is 11.5. The second-order valence-electron chi connectivity index (χ2n) is 7.51.